The minimum absolute atomic E-state index is 0.216. The third-order valence-corrected chi connectivity index (χ3v) is 7.24. The summed E-state index contributed by atoms with van der Waals surface area (Å²) in [5, 5.41) is 5.39. The summed E-state index contributed by atoms with van der Waals surface area (Å²) in [4.78, 5) is 41.6. The van der Waals surface area contributed by atoms with Crippen molar-refractivity contribution < 1.29 is 22.8 Å². The van der Waals surface area contributed by atoms with Crippen molar-refractivity contribution in [2.24, 2.45) is 5.10 Å². The van der Waals surface area contributed by atoms with E-state index in [9.17, 15) is 22.8 Å². The van der Waals surface area contributed by atoms with E-state index in [4.69, 9.17) is 0 Å². The van der Waals surface area contributed by atoms with E-state index in [1.54, 1.807) is 20.9 Å². The van der Waals surface area contributed by atoms with Gasteiger partial charge in [0.2, 0.25) is 5.95 Å². The molecular formula is C25H29F3N8O2. The van der Waals surface area contributed by atoms with E-state index in [-0.39, 0.29) is 23.7 Å². The topological polar surface area (TPSA) is 88.5 Å². The lowest BCUT2D eigenvalue weighted by Gasteiger charge is -2.37. The third-order valence-electron chi connectivity index (χ3n) is 7.24. The number of piperazine rings is 1. The Morgan fingerprint density at radius 3 is 2.34 bits per heavy atom. The summed E-state index contributed by atoms with van der Waals surface area (Å²) in [6.07, 6.45) is 3.72. The Hall–Kier alpha value is -3.74. The second-order valence-corrected chi connectivity index (χ2v) is 9.88. The van der Waals surface area contributed by atoms with Gasteiger partial charge in [-0.3, -0.25) is 4.79 Å². The predicted octanol–water partition coefficient (Wildman–Crippen LogP) is 2.34. The maximum Gasteiger partial charge on any atom is 0.341 e. The first-order chi connectivity index (χ1) is 18.2. The molecule has 3 aliphatic heterocycles. The highest BCUT2D eigenvalue weighted by molar-refractivity contribution is 5.93. The van der Waals surface area contributed by atoms with Crippen molar-refractivity contribution in [1.82, 2.24) is 29.7 Å². The van der Waals surface area contributed by atoms with Crippen LogP contribution in [0.15, 0.2) is 29.5 Å². The zero-order chi connectivity index (χ0) is 27.0. The van der Waals surface area contributed by atoms with Crippen LogP contribution in [0.4, 0.5) is 23.9 Å². The van der Waals surface area contributed by atoms with Gasteiger partial charge in [0, 0.05) is 64.0 Å². The van der Waals surface area contributed by atoms with Crippen LogP contribution < -0.4 is 4.90 Å². The molecule has 3 amide bonds. The molecule has 10 nitrogen and oxygen atoms in total. The molecule has 0 aliphatic carbocycles. The van der Waals surface area contributed by atoms with Crippen LogP contribution in [0.2, 0.25) is 0 Å². The van der Waals surface area contributed by atoms with Crippen LogP contribution in [0.1, 0.15) is 34.9 Å². The van der Waals surface area contributed by atoms with Crippen molar-refractivity contribution in [2.75, 3.05) is 58.3 Å². The highest BCUT2D eigenvalue weighted by Crippen LogP contribution is 2.30. The molecule has 202 valence electrons. The molecular weight excluding hydrogens is 501 g/mol. The molecule has 0 N–H and O–H groups in total. The number of benzene rings is 1. The SMILES string of the molecule is CN(C)[C@@H]1CCN(C(=O)c2nc(N3CCN(C(=O)N4N=CC[C@H]4c4cc(F)cc(F)c4)CC3)ncc2F)C1. The molecule has 13 heteroatoms. The van der Waals surface area contributed by atoms with E-state index < -0.39 is 29.4 Å². The molecule has 0 unspecified atom stereocenters. The van der Waals surface area contributed by atoms with Gasteiger partial charge in [-0.15, -0.1) is 0 Å². The van der Waals surface area contributed by atoms with Gasteiger partial charge in [-0.1, -0.05) is 0 Å². The Morgan fingerprint density at radius 1 is 0.974 bits per heavy atom. The molecule has 0 saturated carbocycles. The number of anilines is 1. The number of aromatic nitrogens is 2. The fourth-order valence-corrected chi connectivity index (χ4v) is 5.04. The van der Waals surface area contributed by atoms with Crippen molar-refractivity contribution >= 4 is 24.1 Å². The van der Waals surface area contributed by atoms with Gasteiger partial charge in [0.1, 0.15) is 11.6 Å². The monoisotopic (exact) mass is 530 g/mol. The summed E-state index contributed by atoms with van der Waals surface area (Å²) in [5.41, 5.74) is 0.0725. The van der Waals surface area contributed by atoms with Crippen LogP contribution in [0.3, 0.4) is 0 Å². The van der Waals surface area contributed by atoms with Crippen LogP contribution in [-0.4, -0.2) is 107 Å². The number of rotatable bonds is 4. The first-order valence-electron chi connectivity index (χ1n) is 12.5. The molecule has 1 aromatic carbocycles. The number of carbonyl (C=O) groups excluding carboxylic acids is 2. The van der Waals surface area contributed by atoms with E-state index in [2.05, 4.69) is 15.1 Å². The first kappa shape index (κ1) is 25.9. The maximum absolute atomic E-state index is 14.5. The van der Waals surface area contributed by atoms with Crippen LogP contribution >= 0.6 is 0 Å². The second-order valence-electron chi connectivity index (χ2n) is 9.88. The molecule has 2 saturated heterocycles. The third kappa shape index (κ3) is 5.15. The molecule has 3 aliphatic rings. The van der Waals surface area contributed by atoms with Crippen molar-refractivity contribution in [1.29, 1.82) is 0 Å². The van der Waals surface area contributed by atoms with Crippen molar-refractivity contribution in [2.45, 2.75) is 24.9 Å². The lowest BCUT2D eigenvalue weighted by Crippen LogP contribution is -2.52. The van der Waals surface area contributed by atoms with Gasteiger partial charge in [-0.05, 0) is 38.2 Å². The van der Waals surface area contributed by atoms with Gasteiger partial charge in [0.15, 0.2) is 11.5 Å². The number of halogens is 3. The molecule has 38 heavy (non-hydrogen) atoms. The highest BCUT2D eigenvalue weighted by atomic mass is 19.1. The van der Waals surface area contributed by atoms with Gasteiger partial charge in [0.05, 0.1) is 12.2 Å². The number of amides is 3. The number of carbonyl (C=O) groups is 2. The van der Waals surface area contributed by atoms with E-state index >= 15 is 0 Å². The van der Waals surface area contributed by atoms with E-state index in [0.717, 1.165) is 18.7 Å². The number of urea groups is 1. The molecule has 0 radical (unpaired) electrons. The maximum atomic E-state index is 14.5. The fraction of sp³-hybridized carbons (Fsp3) is 0.480. The lowest BCUT2D eigenvalue weighted by molar-refractivity contribution is 0.0772. The van der Waals surface area contributed by atoms with Crippen molar-refractivity contribution in [3.05, 3.63) is 53.1 Å². The normalized spacial score (nSPS) is 21.6. The second kappa shape index (κ2) is 10.6. The Morgan fingerprint density at radius 2 is 1.68 bits per heavy atom. The van der Waals surface area contributed by atoms with E-state index in [1.165, 1.54) is 17.1 Å². The minimum atomic E-state index is -0.771. The quantitative estimate of drug-likeness (QED) is 0.603. The number of hydrazone groups is 1. The number of nitrogens with zero attached hydrogens (tertiary/aromatic N) is 8. The van der Waals surface area contributed by atoms with Crippen LogP contribution in [0, 0.1) is 17.5 Å². The molecule has 1 aromatic heterocycles. The van der Waals surface area contributed by atoms with E-state index in [0.29, 0.717) is 51.3 Å². The summed E-state index contributed by atoms with van der Waals surface area (Å²) in [7, 11) is 3.90. The van der Waals surface area contributed by atoms with Gasteiger partial charge in [0.25, 0.3) is 5.91 Å². The van der Waals surface area contributed by atoms with Gasteiger partial charge < -0.3 is 19.6 Å². The number of likely N-dealkylation sites (N-methyl/N-ethyl adjacent to an activating group) is 1. The molecule has 4 heterocycles. The Balaban J connectivity index is 1.23. The van der Waals surface area contributed by atoms with Gasteiger partial charge in [-0.2, -0.15) is 5.10 Å². The predicted molar refractivity (Wildman–Crippen MR) is 133 cm³/mol. The molecule has 0 spiro atoms. The molecule has 2 fully saturated rings. The smallest absolute Gasteiger partial charge is 0.337 e. The largest absolute Gasteiger partial charge is 0.341 e. The summed E-state index contributed by atoms with van der Waals surface area (Å²) in [6, 6.07) is 2.43. The van der Waals surface area contributed by atoms with Crippen molar-refractivity contribution in [3.8, 4) is 0 Å². The summed E-state index contributed by atoms with van der Waals surface area (Å²) in [5.74, 6) is -2.44. The Kier molecular flexibility index (Phi) is 7.19. The molecule has 0 bridgehead atoms. The molecule has 2 atom stereocenters. The average molecular weight is 531 g/mol. The standard InChI is InChI=1S/C25H29F3N8O2/c1-32(2)19-4-6-35(15-19)23(37)22-20(28)14-29-24(31-22)33-7-9-34(10-8-33)25(38)36-21(3-5-30-36)16-11-17(26)13-18(27)12-16/h5,11-14,19,21H,3-4,6-10,15H2,1-2H3/t19-,21+/m1/s1. The minimum Gasteiger partial charge on any atom is -0.337 e. The Labute approximate surface area is 218 Å². The lowest BCUT2D eigenvalue weighted by atomic mass is 10.0. The van der Waals surface area contributed by atoms with Crippen LogP contribution in [-0.2, 0) is 0 Å². The zero-order valence-corrected chi connectivity index (χ0v) is 21.2. The van der Waals surface area contributed by atoms with Crippen molar-refractivity contribution in [3.63, 3.8) is 0 Å². The van der Waals surface area contributed by atoms with E-state index in [1.807, 2.05) is 19.0 Å². The van der Waals surface area contributed by atoms with Crippen LogP contribution in [0.25, 0.3) is 0 Å². The van der Waals surface area contributed by atoms with Crippen LogP contribution in [0.5, 0.6) is 0 Å². The highest BCUT2D eigenvalue weighted by Gasteiger charge is 2.35. The first-order valence-corrected chi connectivity index (χ1v) is 12.5. The Bertz CT molecular complexity index is 1230. The molecule has 5 rings (SSSR count). The number of likely N-dealkylation sites (tertiary alicyclic amines) is 1. The zero-order valence-electron chi connectivity index (χ0n) is 21.2. The summed E-state index contributed by atoms with van der Waals surface area (Å²) >= 11 is 0. The van der Waals surface area contributed by atoms with Gasteiger partial charge >= 0.3 is 6.03 Å². The average Bonchev–Trinajstić information content (AvgIpc) is 3.58. The van der Waals surface area contributed by atoms with Gasteiger partial charge in [-0.25, -0.2) is 32.9 Å². The molecule has 2 aromatic rings. The number of hydrogen-bond donors (Lipinski definition) is 0. The fourth-order valence-electron chi connectivity index (χ4n) is 5.04. The number of hydrogen-bond acceptors (Lipinski definition) is 7. The summed E-state index contributed by atoms with van der Waals surface area (Å²) < 4.78 is 42.0. The summed E-state index contributed by atoms with van der Waals surface area (Å²) in [6.45, 7) is 2.35.